The molecule has 2 amide bonds. The lowest BCUT2D eigenvalue weighted by Gasteiger charge is -2.23. The fourth-order valence-electron chi connectivity index (χ4n) is 3.19. The van der Waals surface area contributed by atoms with E-state index < -0.39 is 5.91 Å². The number of rotatable bonds is 7. The average molecular weight is 424 g/mol. The maximum Gasteiger partial charge on any atom is 0.291 e. The highest BCUT2D eigenvalue weighted by Crippen LogP contribution is 2.33. The summed E-state index contributed by atoms with van der Waals surface area (Å²) in [5.74, 6) is 0.603. The molecule has 2 aromatic rings. The summed E-state index contributed by atoms with van der Waals surface area (Å²) in [5.41, 5.74) is 0.611. The number of hydrogen-bond acceptors (Lipinski definition) is 6. The third-order valence-corrected chi connectivity index (χ3v) is 4.71. The molecule has 1 atom stereocenters. The van der Waals surface area contributed by atoms with Crippen LogP contribution in [-0.4, -0.2) is 45.7 Å². The minimum atomic E-state index is -0.456. The fraction of sp³-hybridized carbons (Fsp3) is 0.400. The van der Waals surface area contributed by atoms with Gasteiger partial charge < -0.3 is 29.8 Å². The van der Waals surface area contributed by atoms with Gasteiger partial charge in [0, 0.05) is 12.6 Å². The van der Waals surface area contributed by atoms with E-state index in [-0.39, 0.29) is 24.1 Å². The van der Waals surface area contributed by atoms with Crippen molar-refractivity contribution in [3.8, 4) is 11.5 Å². The van der Waals surface area contributed by atoms with E-state index in [0.717, 1.165) is 25.9 Å². The molecule has 2 heterocycles. The van der Waals surface area contributed by atoms with Crippen molar-refractivity contribution in [3.63, 3.8) is 0 Å². The van der Waals surface area contributed by atoms with E-state index in [1.165, 1.54) is 20.5 Å². The molecule has 1 aliphatic heterocycles. The highest BCUT2D eigenvalue weighted by Gasteiger charge is 2.21. The van der Waals surface area contributed by atoms with Crippen LogP contribution in [0.3, 0.4) is 0 Å². The Morgan fingerprint density at radius 3 is 2.59 bits per heavy atom. The van der Waals surface area contributed by atoms with Crippen molar-refractivity contribution < 1.29 is 23.5 Å². The number of methoxy groups -OCH3 is 2. The van der Waals surface area contributed by atoms with Crippen molar-refractivity contribution in [2.24, 2.45) is 5.92 Å². The highest BCUT2D eigenvalue weighted by atomic mass is 35.5. The van der Waals surface area contributed by atoms with Crippen LogP contribution in [0, 0.1) is 5.92 Å². The van der Waals surface area contributed by atoms with E-state index in [2.05, 4.69) is 16.0 Å². The third kappa shape index (κ3) is 5.65. The molecule has 9 heteroatoms. The van der Waals surface area contributed by atoms with Gasteiger partial charge in [-0.15, -0.1) is 12.4 Å². The van der Waals surface area contributed by atoms with Crippen molar-refractivity contribution in [2.75, 3.05) is 39.2 Å². The number of furan rings is 1. The van der Waals surface area contributed by atoms with Crippen molar-refractivity contribution in [1.29, 1.82) is 0 Å². The molecule has 1 unspecified atom stereocenters. The molecule has 158 valence electrons. The number of carbonyl (C=O) groups excluding carboxylic acids is 2. The lowest BCUT2D eigenvalue weighted by molar-refractivity contribution is 0.0945. The van der Waals surface area contributed by atoms with Gasteiger partial charge >= 0.3 is 0 Å². The van der Waals surface area contributed by atoms with E-state index >= 15 is 0 Å². The molecule has 3 N–H and O–H groups in total. The third-order valence-electron chi connectivity index (χ3n) is 4.71. The smallest absolute Gasteiger partial charge is 0.291 e. The highest BCUT2D eigenvalue weighted by molar-refractivity contribution is 6.08. The zero-order valence-corrected chi connectivity index (χ0v) is 17.3. The van der Waals surface area contributed by atoms with Gasteiger partial charge in [-0.1, -0.05) is 0 Å². The minimum absolute atomic E-state index is 0. The molecule has 1 aliphatic rings. The van der Waals surface area contributed by atoms with Crippen molar-refractivity contribution >= 4 is 29.9 Å². The maximum absolute atomic E-state index is 12.8. The normalized spacial score (nSPS) is 15.7. The van der Waals surface area contributed by atoms with Crippen LogP contribution in [0.2, 0.25) is 0 Å². The summed E-state index contributed by atoms with van der Waals surface area (Å²) in [5, 5.41) is 9.00. The molecule has 1 saturated heterocycles. The number of hydrogen-bond donors (Lipinski definition) is 3. The molecule has 29 heavy (non-hydrogen) atoms. The van der Waals surface area contributed by atoms with Gasteiger partial charge in [-0.3, -0.25) is 9.59 Å². The SMILES string of the molecule is COc1cc(NC(=O)c2ccco2)c(C(=O)NCC2CCCNC2)cc1OC.Cl. The number of benzene rings is 1. The summed E-state index contributed by atoms with van der Waals surface area (Å²) in [6, 6.07) is 6.29. The van der Waals surface area contributed by atoms with E-state index in [1.807, 2.05) is 0 Å². The molecule has 0 spiro atoms. The second-order valence-electron chi connectivity index (χ2n) is 6.61. The lowest BCUT2D eigenvalue weighted by Crippen LogP contribution is -2.38. The van der Waals surface area contributed by atoms with Gasteiger partial charge in [0.1, 0.15) is 0 Å². The Labute approximate surface area is 175 Å². The predicted molar refractivity (Wildman–Crippen MR) is 111 cm³/mol. The van der Waals surface area contributed by atoms with E-state index in [4.69, 9.17) is 13.9 Å². The fourth-order valence-corrected chi connectivity index (χ4v) is 3.19. The van der Waals surface area contributed by atoms with Gasteiger partial charge in [0.15, 0.2) is 17.3 Å². The standard InChI is InChI=1S/C20H25N3O5.ClH/c1-26-17-9-14(19(24)22-12-13-5-3-7-21-11-13)15(10-18(17)27-2)23-20(25)16-6-4-8-28-16;/h4,6,8-10,13,21H,3,5,7,11-12H2,1-2H3,(H,22,24)(H,23,25);1H. The molecule has 1 aromatic heterocycles. The van der Waals surface area contributed by atoms with E-state index in [1.54, 1.807) is 24.3 Å². The van der Waals surface area contributed by atoms with Crippen LogP contribution in [0.5, 0.6) is 11.5 Å². The zero-order valence-electron chi connectivity index (χ0n) is 16.4. The van der Waals surface area contributed by atoms with Crippen LogP contribution in [0.25, 0.3) is 0 Å². The van der Waals surface area contributed by atoms with Crippen LogP contribution in [0.4, 0.5) is 5.69 Å². The van der Waals surface area contributed by atoms with Crippen LogP contribution in [0.1, 0.15) is 33.8 Å². The molecule has 1 fully saturated rings. The summed E-state index contributed by atoms with van der Waals surface area (Å²) < 4.78 is 15.7. The molecular weight excluding hydrogens is 398 g/mol. The van der Waals surface area contributed by atoms with Gasteiger partial charge in [0.25, 0.3) is 11.8 Å². The Bertz CT molecular complexity index is 820. The Morgan fingerprint density at radius 2 is 1.97 bits per heavy atom. The summed E-state index contributed by atoms with van der Waals surface area (Å²) >= 11 is 0. The first-order valence-electron chi connectivity index (χ1n) is 9.22. The Hall–Kier alpha value is -2.71. The first kappa shape index (κ1) is 22.6. The average Bonchev–Trinajstić information content (AvgIpc) is 3.27. The monoisotopic (exact) mass is 423 g/mol. The van der Waals surface area contributed by atoms with Crippen LogP contribution < -0.4 is 25.4 Å². The van der Waals surface area contributed by atoms with Crippen LogP contribution >= 0.6 is 12.4 Å². The number of ether oxygens (including phenoxy) is 2. The second-order valence-corrected chi connectivity index (χ2v) is 6.61. The van der Waals surface area contributed by atoms with Gasteiger partial charge in [-0.05, 0) is 50.0 Å². The summed E-state index contributed by atoms with van der Waals surface area (Å²) in [4.78, 5) is 25.2. The Balaban J connectivity index is 0.00000300. The number of anilines is 1. The Kier molecular flexibility index (Phi) is 8.35. The first-order valence-corrected chi connectivity index (χ1v) is 9.22. The minimum Gasteiger partial charge on any atom is -0.493 e. The molecule has 8 nitrogen and oxygen atoms in total. The maximum atomic E-state index is 12.8. The molecular formula is C20H26ClN3O5. The van der Waals surface area contributed by atoms with Crippen LogP contribution in [0.15, 0.2) is 34.9 Å². The Morgan fingerprint density at radius 1 is 1.21 bits per heavy atom. The summed E-state index contributed by atoms with van der Waals surface area (Å²) in [7, 11) is 2.99. The molecule has 0 bridgehead atoms. The van der Waals surface area contributed by atoms with Gasteiger partial charge in [0.05, 0.1) is 31.7 Å². The van der Waals surface area contributed by atoms with Crippen molar-refractivity contribution in [3.05, 3.63) is 41.9 Å². The van der Waals surface area contributed by atoms with Crippen molar-refractivity contribution in [2.45, 2.75) is 12.8 Å². The zero-order chi connectivity index (χ0) is 19.9. The quantitative estimate of drug-likeness (QED) is 0.632. The molecule has 1 aromatic carbocycles. The summed E-state index contributed by atoms with van der Waals surface area (Å²) in [6.45, 7) is 2.46. The van der Waals surface area contributed by atoms with Gasteiger partial charge in [0.2, 0.25) is 0 Å². The first-order chi connectivity index (χ1) is 13.6. The predicted octanol–water partition coefficient (Wildman–Crippen LogP) is 2.70. The number of carbonyl (C=O) groups is 2. The summed E-state index contributed by atoms with van der Waals surface area (Å²) in [6.07, 6.45) is 3.58. The molecule has 3 rings (SSSR count). The second kappa shape index (κ2) is 10.7. The number of nitrogens with one attached hydrogen (secondary N) is 3. The molecule has 0 radical (unpaired) electrons. The van der Waals surface area contributed by atoms with E-state index in [9.17, 15) is 9.59 Å². The molecule has 0 aliphatic carbocycles. The number of halogens is 1. The number of piperidine rings is 1. The topological polar surface area (TPSA) is 102 Å². The number of amides is 2. The lowest BCUT2D eigenvalue weighted by atomic mass is 9.99. The van der Waals surface area contributed by atoms with Crippen LogP contribution in [-0.2, 0) is 0 Å². The largest absolute Gasteiger partial charge is 0.493 e. The molecule has 0 saturated carbocycles. The van der Waals surface area contributed by atoms with E-state index in [0.29, 0.717) is 35.2 Å². The van der Waals surface area contributed by atoms with Crippen molar-refractivity contribution in [1.82, 2.24) is 10.6 Å². The van der Waals surface area contributed by atoms with Gasteiger partial charge in [-0.25, -0.2) is 0 Å². The van der Waals surface area contributed by atoms with Gasteiger partial charge in [-0.2, -0.15) is 0 Å².